The molecular formula is C14H16N2O2S2. The minimum atomic E-state index is 0.580. The highest BCUT2D eigenvalue weighted by Gasteiger charge is 2.15. The van der Waals surface area contributed by atoms with E-state index in [2.05, 4.69) is 0 Å². The Bertz CT molecular complexity index is 603. The summed E-state index contributed by atoms with van der Waals surface area (Å²) in [5.41, 5.74) is 4.05. The third-order valence-corrected chi connectivity index (χ3v) is 5.49. The third kappa shape index (κ3) is 3.19. The number of aromatic nitrogens is 2. The highest BCUT2D eigenvalue weighted by molar-refractivity contribution is 8.76. The van der Waals surface area contributed by atoms with Gasteiger partial charge >= 0.3 is 0 Å². The maximum atomic E-state index is 11.8. The smallest absolute Gasteiger partial charge is 0.262 e. The number of hydrogen-bond donors (Lipinski definition) is 0. The summed E-state index contributed by atoms with van der Waals surface area (Å²) in [5.74, 6) is 0. The summed E-state index contributed by atoms with van der Waals surface area (Å²) in [6.45, 7) is 7.74. The van der Waals surface area contributed by atoms with Crippen LogP contribution in [0.4, 0.5) is 0 Å². The van der Waals surface area contributed by atoms with Crippen molar-refractivity contribution in [1.29, 1.82) is 0 Å². The molecule has 0 saturated heterocycles. The SMILES string of the molecule is Cc1cc(SSc2cc(C)c(C)c[n+]2[O-])[n+]([O-])cc1C. The summed E-state index contributed by atoms with van der Waals surface area (Å²) < 4.78 is 1.69. The van der Waals surface area contributed by atoms with Gasteiger partial charge in [-0.05, 0) is 38.8 Å². The standard InChI is InChI=1S/C14H16N2O2S2/c1-9-5-13(15(17)7-11(9)3)19-20-14-6-10(2)12(4)8-16(14)18/h5-8H,1-4H3. The van der Waals surface area contributed by atoms with E-state index in [0.29, 0.717) is 10.1 Å². The summed E-state index contributed by atoms with van der Waals surface area (Å²) in [6, 6.07) is 3.69. The Morgan fingerprint density at radius 2 is 1.05 bits per heavy atom. The number of aryl methyl sites for hydroxylation is 4. The van der Waals surface area contributed by atoms with Crippen LogP contribution in [0.15, 0.2) is 34.6 Å². The highest BCUT2D eigenvalue weighted by atomic mass is 33.1. The molecule has 20 heavy (non-hydrogen) atoms. The summed E-state index contributed by atoms with van der Waals surface area (Å²) in [5, 5.41) is 24.8. The molecule has 0 amide bonds. The molecule has 0 unspecified atom stereocenters. The molecular weight excluding hydrogens is 292 g/mol. The van der Waals surface area contributed by atoms with Gasteiger partial charge < -0.3 is 10.4 Å². The molecule has 0 radical (unpaired) electrons. The molecule has 2 aromatic rings. The molecule has 0 saturated carbocycles. The van der Waals surface area contributed by atoms with Gasteiger partial charge in [-0.2, -0.15) is 9.46 Å². The first-order valence-corrected chi connectivity index (χ1v) is 8.29. The Hall–Kier alpha value is -1.40. The molecule has 0 aliphatic carbocycles. The van der Waals surface area contributed by atoms with Gasteiger partial charge in [0.25, 0.3) is 10.1 Å². The minimum absolute atomic E-state index is 0.580. The first-order chi connectivity index (χ1) is 9.38. The Morgan fingerprint density at radius 1 is 0.700 bits per heavy atom. The molecule has 0 aliphatic rings. The molecule has 0 N–H and O–H groups in total. The molecule has 0 fully saturated rings. The van der Waals surface area contributed by atoms with Gasteiger partial charge in [0.2, 0.25) is 0 Å². The topological polar surface area (TPSA) is 53.9 Å². The van der Waals surface area contributed by atoms with Gasteiger partial charge in [0.05, 0.1) is 0 Å². The van der Waals surface area contributed by atoms with E-state index >= 15 is 0 Å². The van der Waals surface area contributed by atoms with Crippen LogP contribution >= 0.6 is 21.6 Å². The Balaban J connectivity index is 2.21. The number of hydrogen-bond acceptors (Lipinski definition) is 4. The quantitative estimate of drug-likeness (QED) is 0.497. The van der Waals surface area contributed by atoms with Gasteiger partial charge in [0, 0.05) is 44.8 Å². The van der Waals surface area contributed by atoms with Crippen molar-refractivity contribution in [1.82, 2.24) is 0 Å². The van der Waals surface area contributed by atoms with Gasteiger partial charge in [-0.3, -0.25) is 0 Å². The largest absolute Gasteiger partial charge is 0.618 e. The lowest BCUT2D eigenvalue weighted by Crippen LogP contribution is -2.30. The third-order valence-electron chi connectivity index (χ3n) is 3.19. The van der Waals surface area contributed by atoms with Crippen LogP contribution in [0.25, 0.3) is 0 Å². The van der Waals surface area contributed by atoms with Gasteiger partial charge in [0.1, 0.15) is 0 Å². The summed E-state index contributed by atoms with van der Waals surface area (Å²) in [7, 11) is 2.60. The Kier molecular flexibility index (Phi) is 4.45. The molecule has 6 heteroatoms. The molecule has 0 spiro atoms. The van der Waals surface area contributed by atoms with E-state index in [1.807, 2.05) is 39.8 Å². The lowest BCUT2D eigenvalue weighted by atomic mass is 10.2. The average molecular weight is 308 g/mol. The zero-order valence-corrected chi connectivity index (χ0v) is 13.5. The monoisotopic (exact) mass is 308 g/mol. The van der Waals surface area contributed by atoms with Crippen LogP contribution in [-0.4, -0.2) is 0 Å². The second kappa shape index (κ2) is 5.93. The van der Waals surface area contributed by atoms with Crippen molar-refractivity contribution < 1.29 is 9.46 Å². The normalized spacial score (nSPS) is 10.8. The molecule has 0 aromatic carbocycles. The lowest BCUT2D eigenvalue weighted by molar-refractivity contribution is -0.646. The predicted octanol–water partition coefficient (Wildman–Crippen LogP) is 2.99. The molecule has 2 heterocycles. The fraction of sp³-hybridized carbons (Fsp3) is 0.286. The molecule has 4 nitrogen and oxygen atoms in total. The van der Waals surface area contributed by atoms with Crippen LogP contribution in [0.2, 0.25) is 0 Å². The van der Waals surface area contributed by atoms with Crippen molar-refractivity contribution in [2.24, 2.45) is 0 Å². The summed E-state index contributed by atoms with van der Waals surface area (Å²) >= 11 is 0. The Morgan fingerprint density at radius 3 is 1.40 bits per heavy atom. The molecule has 106 valence electrons. The van der Waals surface area contributed by atoms with Crippen molar-refractivity contribution in [3.8, 4) is 0 Å². The molecule has 0 atom stereocenters. The van der Waals surface area contributed by atoms with E-state index < -0.39 is 0 Å². The van der Waals surface area contributed by atoms with Gasteiger partial charge in [-0.15, -0.1) is 0 Å². The van der Waals surface area contributed by atoms with Gasteiger partial charge in [-0.25, -0.2) is 0 Å². The minimum Gasteiger partial charge on any atom is -0.618 e. The van der Waals surface area contributed by atoms with Gasteiger partial charge in [-0.1, -0.05) is 0 Å². The highest BCUT2D eigenvalue weighted by Crippen LogP contribution is 2.34. The maximum absolute atomic E-state index is 11.8. The van der Waals surface area contributed by atoms with Crippen molar-refractivity contribution in [2.75, 3.05) is 0 Å². The zero-order chi connectivity index (χ0) is 14.9. The molecule has 0 bridgehead atoms. The number of nitrogens with zero attached hydrogens (tertiary/aromatic N) is 2. The van der Waals surface area contributed by atoms with Crippen LogP contribution in [0.5, 0.6) is 0 Å². The fourth-order valence-electron chi connectivity index (χ4n) is 1.61. The van der Waals surface area contributed by atoms with Crippen molar-refractivity contribution in [2.45, 2.75) is 37.7 Å². The first kappa shape index (κ1) is 15.0. The predicted molar refractivity (Wildman–Crippen MR) is 81.5 cm³/mol. The first-order valence-electron chi connectivity index (χ1n) is 6.14. The van der Waals surface area contributed by atoms with Crippen molar-refractivity contribution >= 4 is 21.6 Å². The van der Waals surface area contributed by atoms with E-state index in [1.165, 1.54) is 21.6 Å². The van der Waals surface area contributed by atoms with E-state index in [-0.39, 0.29) is 0 Å². The van der Waals surface area contributed by atoms with Crippen LogP contribution < -0.4 is 9.46 Å². The Labute approximate surface area is 126 Å². The van der Waals surface area contributed by atoms with Crippen LogP contribution in [-0.2, 0) is 0 Å². The van der Waals surface area contributed by atoms with Crippen LogP contribution in [0.1, 0.15) is 22.3 Å². The fourth-order valence-corrected chi connectivity index (χ4v) is 3.73. The van der Waals surface area contributed by atoms with Crippen LogP contribution in [0, 0.1) is 38.1 Å². The van der Waals surface area contributed by atoms with Gasteiger partial charge in [0.15, 0.2) is 12.4 Å². The van der Waals surface area contributed by atoms with Crippen molar-refractivity contribution in [3.63, 3.8) is 0 Å². The molecule has 0 aliphatic heterocycles. The second-order valence-electron chi connectivity index (χ2n) is 4.77. The van der Waals surface area contributed by atoms with E-state index in [9.17, 15) is 10.4 Å². The summed E-state index contributed by atoms with van der Waals surface area (Å²) in [4.78, 5) is 0. The average Bonchev–Trinajstić information content (AvgIpc) is 2.37. The number of pyridine rings is 2. The van der Waals surface area contributed by atoms with Crippen molar-refractivity contribution in [3.05, 3.63) is 57.2 Å². The lowest BCUT2D eigenvalue weighted by Gasteiger charge is -2.08. The number of rotatable bonds is 3. The maximum Gasteiger partial charge on any atom is 0.262 e. The zero-order valence-electron chi connectivity index (χ0n) is 11.8. The second-order valence-corrected chi connectivity index (χ2v) is 6.94. The summed E-state index contributed by atoms with van der Waals surface area (Å²) in [6.07, 6.45) is 3.12. The van der Waals surface area contributed by atoms with Crippen LogP contribution in [0.3, 0.4) is 0 Å². The molecule has 2 rings (SSSR count). The molecule has 2 aromatic heterocycles. The van der Waals surface area contributed by atoms with E-state index in [1.54, 1.807) is 12.4 Å². The van der Waals surface area contributed by atoms with E-state index in [0.717, 1.165) is 31.7 Å². The van der Waals surface area contributed by atoms with E-state index in [4.69, 9.17) is 0 Å².